The predicted molar refractivity (Wildman–Crippen MR) is 79.3 cm³/mol. The summed E-state index contributed by atoms with van der Waals surface area (Å²) < 4.78 is 10.5. The van der Waals surface area contributed by atoms with Crippen LogP contribution in [0.2, 0.25) is 0 Å². The number of piperazine rings is 1. The van der Waals surface area contributed by atoms with Crippen LogP contribution in [0.15, 0.2) is 24.3 Å². The Morgan fingerprint density at radius 2 is 1.70 bits per heavy atom. The predicted octanol–water partition coefficient (Wildman–Crippen LogP) is -0.171. The lowest BCUT2D eigenvalue weighted by Gasteiger charge is -2.33. The first-order chi connectivity index (χ1) is 11.0. The Labute approximate surface area is 133 Å². The van der Waals surface area contributed by atoms with Gasteiger partial charge in [-0.15, -0.1) is 0 Å². The second-order valence-corrected chi connectivity index (χ2v) is 4.95. The lowest BCUT2D eigenvalue weighted by atomic mass is 10.3. The average Bonchev–Trinajstić information content (AvgIpc) is 2.59. The molecule has 0 bridgehead atoms. The minimum Gasteiger partial charge on any atom is -0.497 e. The molecule has 0 aromatic heterocycles. The third kappa shape index (κ3) is 4.35. The molecule has 1 fully saturated rings. The third-order valence-electron chi connectivity index (χ3n) is 3.51. The summed E-state index contributed by atoms with van der Waals surface area (Å²) in [6.07, 6.45) is 0. The Balaban J connectivity index is 1.81. The fourth-order valence-electron chi connectivity index (χ4n) is 2.22. The molecule has 1 N–H and O–H groups in total. The summed E-state index contributed by atoms with van der Waals surface area (Å²) in [5.41, 5.74) is 0. The van der Waals surface area contributed by atoms with Crippen LogP contribution in [0.1, 0.15) is 0 Å². The van der Waals surface area contributed by atoms with Crippen LogP contribution < -0.4 is 9.47 Å². The highest BCUT2D eigenvalue weighted by molar-refractivity contribution is 6.31. The molecule has 1 aromatic rings. The Morgan fingerprint density at radius 3 is 2.30 bits per heavy atom. The van der Waals surface area contributed by atoms with Crippen LogP contribution in [-0.4, -0.2) is 72.6 Å². The maximum atomic E-state index is 12.1. The van der Waals surface area contributed by atoms with E-state index in [4.69, 9.17) is 14.6 Å². The minimum absolute atomic E-state index is 0.125. The first kappa shape index (κ1) is 16.6. The van der Waals surface area contributed by atoms with Gasteiger partial charge >= 0.3 is 11.9 Å². The molecule has 0 aliphatic carbocycles. The van der Waals surface area contributed by atoms with Gasteiger partial charge in [0.05, 0.1) is 7.11 Å². The standard InChI is InChI=1S/C15H18N2O6/c1-22-11-3-2-4-12(9-11)23-10-13(18)16-5-7-17(8-6-16)14(19)15(20)21/h2-4,9H,5-8,10H2,1H3,(H,20,21). The number of nitrogens with zero attached hydrogens (tertiary/aromatic N) is 2. The molecule has 1 saturated heterocycles. The lowest BCUT2D eigenvalue weighted by molar-refractivity contribution is -0.157. The molecule has 124 valence electrons. The smallest absolute Gasteiger partial charge is 0.394 e. The number of ether oxygens (including phenoxy) is 2. The van der Waals surface area contributed by atoms with Crippen molar-refractivity contribution in [2.45, 2.75) is 0 Å². The zero-order chi connectivity index (χ0) is 16.8. The Hall–Kier alpha value is -2.77. The van der Waals surface area contributed by atoms with Crippen LogP contribution in [0.25, 0.3) is 0 Å². The van der Waals surface area contributed by atoms with Crippen LogP contribution in [0, 0.1) is 0 Å². The largest absolute Gasteiger partial charge is 0.497 e. The van der Waals surface area contributed by atoms with Gasteiger partial charge < -0.3 is 24.4 Å². The summed E-state index contributed by atoms with van der Waals surface area (Å²) in [6, 6.07) is 6.93. The number of rotatable bonds is 4. The van der Waals surface area contributed by atoms with Crippen LogP contribution in [0.3, 0.4) is 0 Å². The quantitative estimate of drug-likeness (QED) is 0.773. The van der Waals surface area contributed by atoms with E-state index in [1.54, 1.807) is 36.3 Å². The van der Waals surface area contributed by atoms with Gasteiger partial charge in [-0.3, -0.25) is 9.59 Å². The minimum atomic E-state index is -1.48. The number of carbonyl (C=O) groups is 3. The monoisotopic (exact) mass is 322 g/mol. The van der Waals surface area contributed by atoms with E-state index < -0.39 is 11.9 Å². The maximum Gasteiger partial charge on any atom is 0.394 e. The third-order valence-corrected chi connectivity index (χ3v) is 3.51. The van der Waals surface area contributed by atoms with E-state index in [0.717, 1.165) is 0 Å². The molecule has 1 aliphatic rings. The fraction of sp³-hybridized carbons (Fsp3) is 0.400. The van der Waals surface area contributed by atoms with Gasteiger partial charge in [-0.2, -0.15) is 0 Å². The number of amides is 2. The molecule has 1 aliphatic heterocycles. The second-order valence-electron chi connectivity index (χ2n) is 4.95. The molecule has 2 amide bonds. The molecule has 0 saturated carbocycles. The topological polar surface area (TPSA) is 96.4 Å². The molecule has 0 atom stereocenters. The van der Waals surface area contributed by atoms with E-state index in [9.17, 15) is 14.4 Å². The molecule has 2 rings (SSSR count). The van der Waals surface area contributed by atoms with Crippen molar-refractivity contribution in [2.75, 3.05) is 39.9 Å². The summed E-state index contributed by atoms with van der Waals surface area (Å²) in [4.78, 5) is 36.8. The van der Waals surface area contributed by atoms with E-state index in [-0.39, 0.29) is 25.6 Å². The molecule has 1 heterocycles. The van der Waals surface area contributed by atoms with Crippen LogP contribution in [0.4, 0.5) is 0 Å². The van der Waals surface area contributed by atoms with Crippen molar-refractivity contribution in [3.05, 3.63) is 24.3 Å². The summed E-state index contributed by atoms with van der Waals surface area (Å²) in [7, 11) is 1.54. The molecule has 8 heteroatoms. The van der Waals surface area contributed by atoms with Crippen molar-refractivity contribution in [3.63, 3.8) is 0 Å². The summed E-state index contributed by atoms with van der Waals surface area (Å²) in [6.45, 7) is 0.866. The molecule has 8 nitrogen and oxygen atoms in total. The van der Waals surface area contributed by atoms with Crippen LogP contribution in [-0.2, 0) is 14.4 Å². The van der Waals surface area contributed by atoms with Crippen molar-refractivity contribution in [3.8, 4) is 11.5 Å². The number of methoxy groups -OCH3 is 1. The number of hydrogen-bond acceptors (Lipinski definition) is 5. The van der Waals surface area contributed by atoms with Crippen LogP contribution in [0.5, 0.6) is 11.5 Å². The Morgan fingerprint density at radius 1 is 1.09 bits per heavy atom. The Bertz CT molecular complexity index is 595. The van der Waals surface area contributed by atoms with Crippen molar-refractivity contribution in [2.24, 2.45) is 0 Å². The SMILES string of the molecule is COc1cccc(OCC(=O)N2CCN(C(=O)C(=O)O)CC2)c1. The molecule has 0 spiro atoms. The van der Waals surface area contributed by atoms with E-state index in [0.29, 0.717) is 24.6 Å². The van der Waals surface area contributed by atoms with Gasteiger partial charge in [-0.25, -0.2) is 4.79 Å². The number of carbonyl (C=O) groups excluding carboxylic acids is 2. The number of carboxylic acid groups (broad SMARTS) is 1. The van der Waals surface area contributed by atoms with E-state index in [1.165, 1.54) is 4.90 Å². The maximum absolute atomic E-state index is 12.1. The van der Waals surface area contributed by atoms with E-state index >= 15 is 0 Å². The number of aliphatic carboxylic acids is 1. The molecule has 0 radical (unpaired) electrons. The zero-order valence-electron chi connectivity index (χ0n) is 12.7. The Kier molecular flexibility index (Phi) is 5.40. The normalized spacial score (nSPS) is 14.3. The van der Waals surface area contributed by atoms with Gasteiger partial charge in [0.15, 0.2) is 6.61 Å². The highest BCUT2D eigenvalue weighted by atomic mass is 16.5. The molecular weight excluding hydrogens is 304 g/mol. The first-order valence-electron chi connectivity index (χ1n) is 7.08. The van der Waals surface area contributed by atoms with Crippen molar-refractivity contribution >= 4 is 17.8 Å². The highest BCUT2D eigenvalue weighted by Gasteiger charge is 2.27. The molecule has 23 heavy (non-hydrogen) atoms. The molecular formula is C15H18N2O6. The van der Waals surface area contributed by atoms with Gasteiger partial charge in [0.25, 0.3) is 5.91 Å². The van der Waals surface area contributed by atoms with Gasteiger partial charge in [-0.1, -0.05) is 6.07 Å². The van der Waals surface area contributed by atoms with Gasteiger partial charge in [0.1, 0.15) is 11.5 Å². The summed E-state index contributed by atoms with van der Waals surface area (Å²) >= 11 is 0. The second kappa shape index (κ2) is 7.48. The van der Waals surface area contributed by atoms with Gasteiger partial charge in [0, 0.05) is 32.2 Å². The fourth-order valence-corrected chi connectivity index (χ4v) is 2.22. The number of carboxylic acids is 1. The average molecular weight is 322 g/mol. The molecule has 1 aromatic carbocycles. The van der Waals surface area contributed by atoms with E-state index in [2.05, 4.69) is 0 Å². The van der Waals surface area contributed by atoms with Gasteiger partial charge in [0.2, 0.25) is 0 Å². The lowest BCUT2D eigenvalue weighted by Crippen LogP contribution is -2.53. The van der Waals surface area contributed by atoms with Crippen molar-refractivity contribution in [1.82, 2.24) is 9.80 Å². The summed E-state index contributed by atoms with van der Waals surface area (Å²) in [5.74, 6) is -1.47. The first-order valence-corrected chi connectivity index (χ1v) is 7.08. The zero-order valence-corrected chi connectivity index (χ0v) is 12.7. The van der Waals surface area contributed by atoms with Crippen molar-refractivity contribution < 1.29 is 29.0 Å². The van der Waals surface area contributed by atoms with Crippen LogP contribution >= 0.6 is 0 Å². The van der Waals surface area contributed by atoms with Gasteiger partial charge in [-0.05, 0) is 12.1 Å². The van der Waals surface area contributed by atoms with E-state index in [1.807, 2.05) is 0 Å². The highest BCUT2D eigenvalue weighted by Crippen LogP contribution is 2.18. The van der Waals surface area contributed by atoms with Crippen molar-refractivity contribution in [1.29, 1.82) is 0 Å². The molecule has 0 unspecified atom stereocenters. The summed E-state index contributed by atoms with van der Waals surface area (Å²) in [5, 5.41) is 8.66. The number of hydrogen-bond donors (Lipinski definition) is 1. The number of benzene rings is 1.